The van der Waals surface area contributed by atoms with Crippen molar-refractivity contribution >= 4 is 5.70 Å². The fourth-order valence-electron chi connectivity index (χ4n) is 2.70. The maximum atomic E-state index is 5.92. The van der Waals surface area contributed by atoms with Gasteiger partial charge in [0, 0.05) is 18.6 Å². The highest BCUT2D eigenvalue weighted by atomic mass is 16.7. The van der Waals surface area contributed by atoms with Gasteiger partial charge in [-0.3, -0.25) is 10.3 Å². The summed E-state index contributed by atoms with van der Waals surface area (Å²) in [6.07, 6.45) is 2.99. The van der Waals surface area contributed by atoms with Gasteiger partial charge in [0.1, 0.15) is 5.60 Å². The Morgan fingerprint density at radius 2 is 2.13 bits per heavy atom. The second-order valence-electron chi connectivity index (χ2n) is 6.43. The number of hydrogen-bond donors (Lipinski definition) is 1. The molecule has 1 N–H and O–H groups in total. The molecule has 0 bridgehead atoms. The summed E-state index contributed by atoms with van der Waals surface area (Å²) < 4.78 is 17.0. The lowest BCUT2D eigenvalue weighted by Crippen LogP contribution is -2.29. The van der Waals surface area contributed by atoms with Crippen LogP contribution < -0.4 is 15.0 Å². The van der Waals surface area contributed by atoms with Crippen LogP contribution in [-0.2, 0) is 9.57 Å². The minimum Gasteiger partial charge on any atom is -0.490 e. The Labute approximate surface area is 137 Å². The molecule has 0 amide bonds. The summed E-state index contributed by atoms with van der Waals surface area (Å²) in [4.78, 5) is 5.74. The van der Waals surface area contributed by atoms with Crippen LogP contribution in [0.1, 0.15) is 32.8 Å². The summed E-state index contributed by atoms with van der Waals surface area (Å²) >= 11 is 0. The van der Waals surface area contributed by atoms with Gasteiger partial charge in [0.2, 0.25) is 0 Å². The molecule has 2 aliphatic rings. The first kappa shape index (κ1) is 16.1. The van der Waals surface area contributed by atoms with Gasteiger partial charge in [0.05, 0.1) is 25.5 Å². The van der Waals surface area contributed by atoms with Crippen LogP contribution in [0.3, 0.4) is 0 Å². The number of hydroxylamine groups is 1. The van der Waals surface area contributed by atoms with E-state index in [0.717, 1.165) is 35.8 Å². The maximum absolute atomic E-state index is 5.92. The molecular weight excluding hydrogens is 294 g/mol. The third kappa shape index (κ3) is 3.62. The predicted octanol–water partition coefficient (Wildman–Crippen LogP) is 3.15. The molecule has 1 spiro atoms. The Morgan fingerprint density at radius 1 is 1.26 bits per heavy atom. The van der Waals surface area contributed by atoms with Gasteiger partial charge < -0.3 is 14.2 Å². The lowest BCUT2D eigenvalue weighted by molar-refractivity contribution is -0.0373. The van der Waals surface area contributed by atoms with Crippen LogP contribution in [0.15, 0.2) is 24.3 Å². The number of rotatable bonds is 6. The fourth-order valence-corrected chi connectivity index (χ4v) is 2.70. The monoisotopic (exact) mass is 319 g/mol. The van der Waals surface area contributed by atoms with Crippen LogP contribution in [0.4, 0.5) is 0 Å². The van der Waals surface area contributed by atoms with Crippen molar-refractivity contribution in [1.29, 1.82) is 0 Å². The Balaban J connectivity index is 1.83. The summed E-state index contributed by atoms with van der Waals surface area (Å²) in [6, 6.07) is 5.97. The van der Waals surface area contributed by atoms with Gasteiger partial charge >= 0.3 is 0 Å². The van der Waals surface area contributed by atoms with Crippen LogP contribution in [0.5, 0.6) is 11.5 Å². The first-order valence-electron chi connectivity index (χ1n) is 8.26. The van der Waals surface area contributed by atoms with Gasteiger partial charge in [-0.2, -0.15) is 0 Å². The standard InChI is InChI=1S/C18H25NO4/c1-4-21-16-6-5-14(9-17(16)22-11-13(2)3)15-10-18(23-19-15)7-8-20-12-18/h5-6,9-10,13,19H,4,7-8,11-12H2,1-3H3. The van der Waals surface area contributed by atoms with E-state index in [9.17, 15) is 0 Å². The second kappa shape index (κ2) is 6.81. The average molecular weight is 319 g/mol. The van der Waals surface area contributed by atoms with Crippen LogP contribution in [-0.4, -0.2) is 32.0 Å². The van der Waals surface area contributed by atoms with E-state index in [4.69, 9.17) is 19.0 Å². The van der Waals surface area contributed by atoms with Crippen molar-refractivity contribution in [2.75, 3.05) is 26.4 Å². The van der Waals surface area contributed by atoms with Crippen molar-refractivity contribution in [3.8, 4) is 11.5 Å². The Kier molecular flexibility index (Phi) is 4.78. The molecule has 5 nitrogen and oxygen atoms in total. The SMILES string of the molecule is CCOc1ccc(C2=CC3(CCOC3)ON2)cc1OCC(C)C. The summed E-state index contributed by atoms with van der Waals surface area (Å²) in [6.45, 7) is 8.83. The molecule has 5 heteroatoms. The molecule has 3 rings (SSSR count). The Hall–Kier alpha value is -1.72. The molecule has 1 atom stereocenters. The largest absolute Gasteiger partial charge is 0.490 e. The number of benzene rings is 1. The highest BCUT2D eigenvalue weighted by Crippen LogP contribution is 2.36. The van der Waals surface area contributed by atoms with Crippen molar-refractivity contribution in [2.45, 2.75) is 32.8 Å². The molecule has 23 heavy (non-hydrogen) atoms. The molecule has 0 radical (unpaired) electrons. The van der Waals surface area contributed by atoms with Crippen LogP contribution in [0.25, 0.3) is 5.70 Å². The minimum atomic E-state index is -0.327. The molecule has 0 aromatic heterocycles. The van der Waals surface area contributed by atoms with Crippen molar-refractivity contribution in [1.82, 2.24) is 5.48 Å². The third-order valence-electron chi connectivity index (χ3n) is 3.91. The van der Waals surface area contributed by atoms with Gasteiger partial charge in [0.25, 0.3) is 0 Å². The zero-order chi connectivity index (χ0) is 16.3. The molecule has 1 aromatic carbocycles. The molecular formula is C18H25NO4. The molecule has 2 heterocycles. The lowest BCUT2D eigenvalue weighted by atomic mass is 10.0. The topological polar surface area (TPSA) is 49.0 Å². The Morgan fingerprint density at radius 3 is 2.83 bits per heavy atom. The van der Waals surface area contributed by atoms with Crippen LogP contribution in [0.2, 0.25) is 0 Å². The first-order valence-corrected chi connectivity index (χ1v) is 8.26. The molecule has 0 aliphatic carbocycles. The van der Waals surface area contributed by atoms with Crippen molar-refractivity contribution < 1.29 is 19.0 Å². The molecule has 1 unspecified atom stereocenters. The van der Waals surface area contributed by atoms with Gasteiger partial charge in [-0.15, -0.1) is 0 Å². The zero-order valence-corrected chi connectivity index (χ0v) is 14.1. The summed E-state index contributed by atoms with van der Waals surface area (Å²) in [5.74, 6) is 2.00. The number of ether oxygens (including phenoxy) is 3. The minimum absolute atomic E-state index is 0.327. The van der Waals surface area contributed by atoms with Crippen LogP contribution >= 0.6 is 0 Å². The second-order valence-corrected chi connectivity index (χ2v) is 6.43. The van der Waals surface area contributed by atoms with Gasteiger partial charge in [0.15, 0.2) is 11.5 Å². The third-order valence-corrected chi connectivity index (χ3v) is 3.91. The molecule has 1 saturated heterocycles. The van der Waals surface area contributed by atoms with Gasteiger partial charge in [-0.05, 0) is 37.1 Å². The van der Waals surface area contributed by atoms with E-state index in [2.05, 4.69) is 25.4 Å². The average Bonchev–Trinajstić information content (AvgIpc) is 3.17. The highest BCUT2D eigenvalue weighted by molar-refractivity contribution is 5.68. The van der Waals surface area contributed by atoms with Gasteiger partial charge in [-0.1, -0.05) is 13.8 Å². The van der Waals surface area contributed by atoms with Crippen molar-refractivity contribution in [2.24, 2.45) is 5.92 Å². The summed E-state index contributed by atoms with van der Waals surface area (Å²) in [7, 11) is 0. The molecule has 1 aromatic rings. The van der Waals surface area contributed by atoms with E-state index in [1.54, 1.807) is 0 Å². The van der Waals surface area contributed by atoms with E-state index < -0.39 is 0 Å². The maximum Gasteiger partial charge on any atom is 0.161 e. The van der Waals surface area contributed by atoms with E-state index in [1.165, 1.54) is 0 Å². The number of hydrogen-bond acceptors (Lipinski definition) is 5. The van der Waals surface area contributed by atoms with E-state index >= 15 is 0 Å². The molecule has 0 saturated carbocycles. The summed E-state index contributed by atoms with van der Waals surface area (Å²) in [5.41, 5.74) is 4.68. The Bertz CT molecular complexity index is 576. The predicted molar refractivity (Wildman–Crippen MR) is 88.3 cm³/mol. The van der Waals surface area contributed by atoms with Gasteiger partial charge in [-0.25, -0.2) is 0 Å². The molecule has 2 aliphatic heterocycles. The van der Waals surface area contributed by atoms with Crippen LogP contribution in [0, 0.1) is 5.92 Å². The van der Waals surface area contributed by atoms with E-state index in [1.807, 2.05) is 25.1 Å². The number of nitrogens with one attached hydrogen (secondary N) is 1. The molecule has 1 fully saturated rings. The normalized spacial score (nSPS) is 23.2. The first-order chi connectivity index (χ1) is 11.1. The lowest BCUT2D eigenvalue weighted by Gasteiger charge is -2.15. The quantitative estimate of drug-likeness (QED) is 0.873. The van der Waals surface area contributed by atoms with E-state index in [-0.39, 0.29) is 5.60 Å². The van der Waals surface area contributed by atoms with Crippen molar-refractivity contribution in [3.63, 3.8) is 0 Å². The smallest absolute Gasteiger partial charge is 0.161 e. The highest BCUT2D eigenvalue weighted by Gasteiger charge is 2.39. The molecule has 126 valence electrons. The van der Waals surface area contributed by atoms with Crippen molar-refractivity contribution in [3.05, 3.63) is 29.8 Å². The summed E-state index contributed by atoms with van der Waals surface area (Å²) in [5, 5.41) is 0. The fraction of sp³-hybridized carbons (Fsp3) is 0.556. The van der Waals surface area contributed by atoms with E-state index in [0.29, 0.717) is 25.7 Å². The zero-order valence-electron chi connectivity index (χ0n) is 14.1.